The Hall–Kier alpha value is -3.28. The van der Waals surface area contributed by atoms with Gasteiger partial charge in [0.15, 0.2) is 5.54 Å². The van der Waals surface area contributed by atoms with Crippen LogP contribution in [-0.4, -0.2) is 17.7 Å². The Labute approximate surface area is 147 Å². The summed E-state index contributed by atoms with van der Waals surface area (Å²) in [4.78, 5) is 7.85. The maximum absolute atomic E-state index is 14.1. The molecule has 4 nitrogen and oxygen atoms in total. The molecule has 1 aromatic heterocycles. The maximum Gasteiger partial charge on any atom is 0.373 e. The lowest BCUT2D eigenvalue weighted by atomic mass is 9.80. The van der Waals surface area contributed by atoms with Crippen LogP contribution in [0.5, 0.6) is 11.5 Å². The van der Waals surface area contributed by atoms with Gasteiger partial charge in [-0.25, -0.2) is 9.98 Å². The molecule has 2 aliphatic heterocycles. The van der Waals surface area contributed by atoms with Crippen molar-refractivity contribution in [2.24, 2.45) is 4.99 Å². The lowest BCUT2D eigenvalue weighted by Crippen LogP contribution is -2.31. The standard InChI is InChI=1S/C20H12F2N2O2/c21-18-13(4-3-9-23-18)12-7-8-17-15(10-12)20(11-25-19(22)24-20)14-5-1-2-6-16(14)26-17/h1-10H,11H2. The first-order chi connectivity index (χ1) is 12.7. The summed E-state index contributed by atoms with van der Waals surface area (Å²) in [7, 11) is 0. The number of hydrogen-bond acceptors (Lipinski definition) is 4. The van der Waals surface area contributed by atoms with E-state index >= 15 is 0 Å². The van der Waals surface area contributed by atoms with Gasteiger partial charge in [0.2, 0.25) is 5.95 Å². The third-order valence-corrected chi connectivity index (χ3v) is 4.73. The minimum atomic E-state index is -1.05. The Kier molecular flexibility index (Phi) is 3.09. The lowest BCUT2D eigenvalue weighted by molar-refractivity contribution is 0.247. The van der Waals surface area contributed by atoms with Gasteiger partial charge >= 0.3 is 6.15 Å². The first-order valence-electron chi connectivity index (χ1n) is 8.08. The van der Waals surface area contributed by atoms with E-state index in [1.54, 1.807) is 36.4 Å². The molecule has 3 heterocycles. The van der Waals surface area contributed by atoms with Crippen molar-refractivity contribution >= 4 is 6.15 Å². The van der Waals surface area contributed by atoms with Crippen LogP contribution in [0.3, 0.4) is 0 Å². The average molecular weight is 350 g/mol. The predicted octanol–water partition coefficient (Wildman–Crippen LogP) is 4.59. The van der Waals surface area contributed by atoms with Crippen molar-refractivity contribution in [3.05, 3.63) is 77.9 Å². The van der Waals surface area contributed by atoms with E-state index in [1.165, 1.54) is 6.20 Å². The van der Waals surface area contributed by atoms with Crippen LogP contribution in [0.1, 0.15) is 11.1 Å². The molecule has 0 radical (unpaired) electrons. The molecule has 5 rings (SSSR count). The van der Waals surface area contributed by atoms with Gasteiger partial charge in [-0.3, -0.25) is 0 Å². The number of fused-ring (bicyclic) bond motifs is 4. The van der Waals surface area contributed by atoms with Crippen molar-refractivity contribution in [1.82, 2.24) is 4.98 Å². The zero-order chi connectivity index (χ0) is 17.7. The van der Waals surface area contributed by atoms with Crippen LogP contribution in [0.25, 0.3) is 11.1 Å². The highest BCUT2D eigenvalue weighted by Crippen LogP contribution is 2.51. The van der Waals surface area contributed by atoms with Crippen LogP contribution in [0.2, 0.25) is 0 Å². The molecule has 0 aliphatic carbocycles. The number of para-hydroxylation sites is 1. The number of rotatable bonds is 1. The van der Waals surface area contributed by atoms with Crippen molar-refractivity contribution in [3.8, 4) is 22.6 Å². The van der Waals surface area contributed by atoms with E-state index in [0.717, 1.165) is 0 Å². The van der Waals surface area contributed by atoms with Gasteiger partial charge in [-0.2, -0.15) is 4.39 Å². The Balaban J connectivity index is 1.76. The lowest BCUT2D eigenvalue weighted by Gasteiger charge is -2.33. The number of pyridine rings is 1. The van der Waals surface area contributed by atoms with Crippen LogP contribution in [0.15, 0.2) is 65.8 Å². The molecule has 0 N–H and O–H groups in total. The van der Waals surface area contributed by atoms with Crippen LogP contribution in [0, 0.1) is 5.95 Å². The van der Waals surface area contributed by atoms with Gasteiger partial charge in [-0.05, 0) is 35.9 Å². The summed E-state index contributed by atoms with van der Waals surface area (Å²) in [6, 6.07) is 15.9. The van der Waals surface area contributed by atoms with E-state index in [-0.39, 0.29) is 6.61 Å². The molecule has 0 amide bonds. The summed E-state index contributed by atoms with van der Waals surface area (Å²) in [5, 5.41) is 0. The molecule has 1 atom stereocenters. The monoisotopic (exact) mass is 350 g/mol. The van der Waals surface area contributed by atoms with E-state index in [2.05, 4.69) is 9.98 Å². The topological polar surface area (TPSA) is 43.7 Å². The van der Waals surface area contributed by atoms with Crippen molar-refractivity contribution < 1.29 is 18.3 Å². The van der Waals surface area contributed by atoms with Gasteiger partial charge in [-0.1, -0.05) is 24.3 Å². The van der Waals surface area contributed by atoms with E-state index in [1.807, 2.05) is 18.2 Å². The van der Waals surface area contributed by atoms with Crippen molar-refractivity contribution in [3.63, 3.8) is 0 Å². The summed E-state index contributed by atoms with van der Waals surface area (Å²) in [6.07, 6.45) is 0.522. The first-order valence-corrected chi connectivity index (χ1v) is 8.08. The number of halogens is 2. The van der Waals surface area contributed by atoms with Gasteiger partial charge in [0.05, 0.1) is 0 Å². The first kappa shape index (κ1) is 15.0. The molecule has 1 unspecified atom stereocenters. The van der Waals surface area contributed by atoms with Crippen molar-refractivity contribution in [1.29, 1.82) is 0 Å². The SMILES string of the molecule is FC1=NC2(CO1)c1ccccc1Oc1ccc(-c3cccnc3F)cc12. The van der Waals surface area contributed by atoms with Crippen LogP contribution in [-0.2, 0) is 10.3 Å². The molecule has 3 aromatic rings. The fourth-order valence-corrected chi connectivity index (χ4v) is 3.53. The number of benzene rings is 2. The zero-order valence-electron chi connectivity index (χ0n) is 13.4. The van der Waals surface area contributed by atoms with Crippen molar-refractivity contribution in [2.75, 3.05) is 6.61 Å². The maximum atomic E-state index is 14.1. The second-order valence-electron chi connectivity index (χ2n) is 6.16. The molecule has 128 valence electrons. The highest BCUT2D eigenvalue weighted by atomic mass is 19.1. The smallest absolute Gasteiger partial charge is 0.373 e. The number of ether oxygens (including phenoxy) is 2. The third kappa shape index (κ3) is 2.05. The van der Waals surface area contributed by atoms with E-state index in [4.69, 9.17) is 9.47 Å². The highest BCUT2D eigenvalue weighted by molar-refractivity contribution is 5.74. The fourth-order valence-electron chi connectivity index (χ4n) is 3.53. The minimum Gasteiger partial charge on any atom is -0.457 e. The molecule has 0 fully saturated rings. The zero-order valence-corrected chi connectivity index (χ0v) is 13.4. The van der Waals surface area contributed by atoms with Crippen LogP contribution in [0.4, 0.5) is 8.78 Å². The molecule has 0 saturated heterocycles. The normalized spacial score (nSPS) is 20.0. The van der Waals surface area contributed by atoms with Gasteiger partial charge < -0.3 is 9.47 Å². The molecule has 2 aliphatic rings. The van der Waals surface area contributed by atoms with Crippen molar-refractivity contribution in [2.45, 2.75) is 5.54 Å². The highest BCUT2D eigenvalue weighted by Gasteiger charge is 2.47. The molecular weight excluding hydrogens is 338 g/mol. The Morgan fingerprint density at radius 3 is 2.58 bits per heavy atom. The van der Waals surface area contributed by atoms with Crippen LogP contribution >= 0.6 is 0 Å². The van der Waals surface area contributed by atoms with E-state index in [9.17, 15) is 8.78 Å². The van der Waals surface area contributed by atoms with Gasteiger partial charge in [0, 0.05) is 22.9 Å². The number of nitrogens with zero attached hydrogens (tertiary/aromatic N) is 2. The summed E-state index contributed by atoms with van der Waals surface area (Å²) in [5.74, 6) is 0.567. The van der Waals surface area contributed by atoms with E-state index < -0.39 is 17.6 Å². The summed E-state index contributed by atoms with van der Waals surface area (Å²) < 4.78 is 39.0. The predicted molar refractivity (Wildman–Crippen MR) is 91.4 cm³/mol. The third-order valence-electron chi connectivity index (χ3n) is 4.73. The molecule has 2 aromatic carbocycles. The van der Waals surface area contributed by atoms with Gasteiger partial charge in [-0.15, -0.1) is 4.39 Å². The van der Waals surface area contributed by atoms with Crippen LogP contribution < -0.4 is 4.74 Å². The second kappa shape index (κ2) is 5.36. The Morgan fingerprint density at radius 1 is 0.923 bits per heavy atom. The summed E-state index contributed by atoms with van der Waals surface area (Å²) >= 11 is 0. The Morgan fingerprint density at radius 2 is 1.77 bits per heavy atom. The summed E-state index contributed by atoms with van der Waals surface area (Å²) in [6.45, 7) is 0.0190. The molecule has 26 heavy (non-hydrogen) atoms. The summed E-state index contributed by atoms with van der Waals surface area (Å²) in [5.41, 5.74) is 1.25. The molecule has 1 spiro atoms. The number of aromatic nitrogens is 1. The number of aliphatic imine (C=N–C) groups is 1. The second-order valence-corrected chi connectivity index (χ2v) is 6.16. The van der Waals surface area contributed by atoms with E-state index in [0.29, 0.717) is 33.8 Å². The van der Waals surface area contributed by atoms with Gasteiger partial charge in [0.25, 0.3) is 0 Å². The van der Waals surface area contributed by atoms with Gasteiger partial charge in [0.1, 0.15) is 18.1 Å². The fraction of sp³-hybridized carbons (Fsp3) is 0.100. The quantitative estimate of drug-likeness (QED) is 0.603. The molecule has 0 bridgehead atoms. The largest absolute Gasteiger partial charge is 0.457 e. The Bertz CT molecular complexity index is 1070. The minimum absolute atomic E-state index is 0.0190. The number of hydrogen-bond donors (Lipinski definition) is 0. The molecular formula is C20H12F2N2O2. The molecule has 6 heteroatoms. The molecule has 0 saturated carbocycles. The average Bonchev–Trinajstić information content (AvgIpc) is 3.05.